The van der Waals surface area contributed by atoms with Crippen LogP contribution in [0.15, 0.2) is 0 Å². The largest absolute Gasteiger partial charge is 0.280 e. The SMILES string of the molecule is CCCCCCCNP(N)(N)=S.CCCNP(N)(N)=S. The van der Waals surface area contributed by atoms with Crippen molar-refractivity contribution >= 4 is 36.6 Å². The number of hydrogen-bond donors (Lipinski definition) is 6. The van der Waals surface area contributed by atoms with E-state index in [1.165, 1.54) is 25.7 Å². The van der Waals surface area contributed by atoms with Gasteiger partial charge in [-0.15, -0.1) is 0 Å². The summed E-state index contributed by atoms with van der Waals surface area (Å²) >= 11 is 9.55. The summed E-state index contributed by atoms with van der Waals surface area (Å²) < 4.78 is 0. The summed E-state index contributed by atoms with van der Waals surface area (Å²) in [6.07, 6.45) is 7.30. The third-order valence-corrected chi connectivity index (χ3v) is 4.46. The van der Waals surface area contributed by atoms with Crippen molar-refractivity contribution in [1.82, 2.24) is 10.2 Å². The van der Waals surface area contributed by atoms with E-state index in [9.17, 15) is 0 Å². The van der Waals surface area contributed by atoms with E-state index in [1.807, 2.05) is 6.92 Å². The first-order valence-corrected chi connectivity index (χ1v) is 12.8. The number of unbranched alkanes of at least 4 members (excludes halogenated alkanes) is 4. The molecule has 0 aliphatic rings. The molecule has 0 atom stereocenters. The van der Waals surface area contributed by atoms with Gasteiger partial charge < -0.3 is 0 Å². The van der Waals surface area contributed by atoms with E-state index in [2.05, 4.69) is 17.1 Å². The molecule has 0 heterocycles. The minimum Gasteiger partial charge on any atom is -0.280 e. The van der Waals surface area contributed by atoms with Crippen molar-refractivity contribution in [2.75, 3.05) is 13.1 Å². The highest BCUT2D eigenvalue weighted by molar-refractivity contribution is 8.11. The van der Waals surface area contributed by atoms with E-state index in [-0.39, 0.29) is 0 Å². The zero-order valence-corrected chi connectivity index (χ0v) is 16.1. The van der Waals surface area contributed by atoms with Crippen molar-refractivity contribution in [3.63, 3.8) is 0 Å². The number of nitrogens with two attached hydrogens (primary N) is 4. The van der Waals surface area contributed by atoms with Gasteiger partial charge >= 0.3 is 0 Å². The van der Waals surface area contributed by atoms with Gasteiger partial charge in [-0.25, -0.2) is 0 Å². The van der Waals surface area contributed by atoms with Crippen molar-refractivity contribution in [3.05, 3.63) is 0 Å². The van der Waals surface area contributed by atoms with Crippen LogP contribution in [-0.4, -0.2) is 13.1 Å². The van der Waals surface area contributed by atoms with Gasteiger partial charge in [0.15, 0.2) is 0 Å². The average Bonchev–Trinajstić information content (AvgIpc) is 2.29. The molecule has 0 aromatic heterocycles. The third kappa shape index (κ3) is 27.4. The minimum atomic E-state index is -2.14. The van der Waals surface area contributed by atoms with Crippen LogP contribution in [0.5, 0.6) is 0 Å². The van der Waals surface area contributed by atoms with E-state index in [1.54, 1.807) is 0 Å². The lowest BCUT2D eigenvalue weighted by Gasteiger charge is -2.11. The molecule has 0 aliphatic carbocycles. The smallest absolute Gasteiger partial charge is 0.132 e. The Morgan fingerprint density at radius 3 is 1.50 bits per heavy atom. The van der Waals surface area contributed by atoms with Crippen LogP contribution in [0.2, 0.25) is 0 Å². The molecule has 0 aromatic carbocycles. The van der Waals surface area contributed by atoms with Gasteiger partial charge in [-0.2, -0.15) is 0 Å². The Labute approximate surface area is 134 Å². The lowest BCUT2D eigenvalue weighted by Crippen LogP contribution is -2.22. The summed E-state index contributed by atoms with van der Waals surface area (Å²) in [6, 6.07) is 0. The van der Waals surface area contributed by atoms with Crippen LogP contribution in [0.4, 0.5) is 0 Å². The Morgan fingerprint density at radius 1 is 0.700 bits per heavy atom. The van der Waals surface area contributed by atoms with Crippen molar-refractivity contribution in [1.29, 1.82) is 0 Å². The predicted molar refractivity (Wildman–Crippen MR) is 100 cm³/mol. The molecule has 124 valence electrons. The number of nitrogens with one attached hydrogen (secondary N) is 2. The molecule has 0 fully saturated rings. The molecule has 10 N–H and O–H groups in total. The van der Waals surface area contributed by atoms with Crippen LogP contribution in [-0.2, 0) is 23.6 Å². The molecular formula is C10H32N6P2S2. The molecule has 0 radical (unpaired) electrons. The van der Waals surface area contributed by atoms with Crippen molar-refractivity contribution in [3.8, 4) is 0 Å². The van der Waals surface area contributed by atoms with Gasteiger partial charge in [-0.1, -0.05) is 39.5 Å². The van der Waals surface area contributed by atoms with Crippen molar-refractivity contribution in [2.24, 2.45) is 22.0 Å². The summed E-state index contributed by atoms with van der Waals surface area (Å²) in [7, 11) is 0. The predicted octanol–water partition coefficient (Wildman–Crippen LogP) is 1.82. The lowest BCUT2D eigenvalue weighted by molar-refractivity contribution is 0.628. The lowest BCUT2D eigenvalue weighted by atomic mass is 10.2. The van der Waals surface area contributed by atoms with Crippen LogP contribution in [0, 0.1) is 0 Å². The summed E-state index contributed by atoms with van der Waals surface area (Å²) in [5.41, 5.74) is 21.6. The zero-order chi connectivity index (χ0) is 16.1. The second kappa shape index (κ2) is 13.7. The molecule has 0 aliphatic heterocycles. The molecule has 0 rings (SSSR count). The van der Waals surface area contributed by atoms with Crippen LogP contribution < -0.4 is 32.2 Å². The fourth-order valence-corrected chi connectivity index (χ4v) is 2.90. The van der Waals surface area contributed by atoms with Crippen molar-refractivity contribution < 1.29 is 0 Å². The molecule has 10 heteroatoms. The summed E-state index contributed by atoms with van der Waals surface area (Å²) in [5, 5.41) is 5.83. The summed E-state index contributed by atoms with van der Waals surface area (Å²) in [4.78, 5) is 0. The zero-order valence-electron chi connectivity index (χ0n) is 12.7. The Balaban J connectivity index is 0. The molecule has 20 heavy (non-hydrogen) atoms. The first-order chi connectivity index (χ1) is 9.12. The van der Waals surface area contributed by atoms with Crippen LogP contribution in [0.1, 0.15) is 52.4 Å². The molecular weight excluding hydrogens is 330 g/mol. The van der Waals surface area contributed by atoms with Crippen LogP contribution in [0.3, 0.4) is 0 Å². The molecule has 6 nitrogen and oxygen atoms in total. The highest BCUT2D eigenvalue weighted by Crippen LogP contribution is 2.17. The first-order valence-electron chi connectivity index (χ1n) is 6.97. The van der Waals surface area contributed by atoms with E-state index < -0.39 is 13.0 Å². The van der Waals surface area contributed by atoms with Gasteiger partial charge in [0, 0.05) is 13.1 Å². The van der Waals surface area contributed by atoms with Gasteiger partial charge in [-0.3, -0.25) is 32.2 Å². The van der Waals surface area contributed by atoms with E-state index >= 15 is 0 Å². The number of rotatable bonds is 10. The maximum atomic E-state index is 5.47. The molecule has 0 aromatic rings. The second-order valence-electron chi connectivity index (χ2n) is 4.65. The van der Waals surface area contributed by atoms with Crippen molar-refractivity contribution in [2.45, 2.75) is 52.4 Å². The van der Waals surface area contributed by atoms with Gasteiger partial charge in [-0.05, 0) is 36.5 Å². The van der Waals surface area contributed by atoms with Gasteiger partial charge in [0.05, 0.1) is 0 Å². The Hall–Kier alpha value is 1.06. The maximum absolute atomic E-state index is 5.47. The maximum Gasteiger partial charge on any atom is 0.132 e. The normalized spacial score (nSPS) is 11.9. The quantitative estimate of drug-likeness (QED) is 0.256. The molecule has 0 saturated carbocycles. The standard InChI is InChI=1S/C7H20N3PS.C3H12N3PS/c1-2-3-4-5-6-7-10-11(8,9)12;1-2-3-6-7(4,5)8/h2-7H2,1H3,(H5,8,9,10,12);2-3H2,1H3,(H5,4,5,6,8). The molecule has 0 bridgehead atoms. The molecule has 0 saturated heterocycles. The molecule has 0 spiro atoms. The topological polar surface area (TPSA) is 128 Å². The highest BCUT2D eigenvalue weighted by Gasteiger charge is 1.99. The fourth-order valence-electron chi connectivity index (χ4n) is 1.27. The highest BCUT2D eigenvalue weighted by atomic mass is 32.5. The average molecular weight is 362 g/mol. The van der Waals surface area contributed by atoms with Gasteiger partial charge in [0.25, 0.3) is 0 Å². The van der Waals surface area contributed by atoms with E-state index in [0.29, 0.717) is 0 Å². The van der Waals surface area contributed by atoms with Crippen LogP contribution >= 0.6 is 13.0 Å². The molecule has 0 unspecified atom stereocenters. The number of hydrogen-bond acceptors (Lipinski definition) is 2. The van der Waals surface area contributed by atoms with Gasteiger partial charge in [0.1, 0.15) is 13.0 Å². The fraction of sp³-hybridized carbons (Fsp3) is 1.00. The van der Waals surface area contributed by atoms with Crippen LogP contribution in [0.25, 0.3) is 0 Å². The first kappa shape index (κ1) is 23.3. The van der Waals surface area contributed by atoms with E-state index in [0.717, 1.165) is 25.9 Å². The Bertz CT molecular complexity index is 304. The summed E-state index contributed by atoms with van der Waals surface area (Å²) in [6.45, 7) is 1.70. The Morgan fingerprint density at radius 2 is 1.15 bits per heavy atom. The monoisotopic (exact) mass is 362 g/mol. The third-order valence-electron chi connectivity index (χ3n) is 2.25. The van der Waals surface area contributed by atoms with Gasteiger partial charge in [0.2, 0.25) is 0 Å². The molecule has 0 amide bonds. The Kier molecular flexibility index (Phi) is 16.0. The second-order valence-corrected chi connectivity index (χ2v) is 11.7. The minimum absolute atomic E-state index is 0.824. The summed E-state index contributed by atoms with van der Waals surface area (Å²) in [5.74, 6) is 0. The van der Waals surface area contributed by atoms with E-state index in [4.69, 9.17) is 45.6 Å².